The Morgan fingerprint density at radius 2 is 1.56 bits per heavy atom. The normalized spacial score (nSPS) is 17.3. The van der Waals surface area contributed by atoms with Crippen LogP contribution in [0.5, 0.6) is 0 Å². The monoisotopic (exact) mass is 410 g/mol. The van der Waals surface area contributed by atoms with Crippen LogP contribution < -0.4 is 0 Å². The molecule has 8 heteroatoms. The second kappa shape index (κ2) is 8.76. The smallest absolute Gasteiger partial charge is 0.312 e. The third-order valence-corrected chi connectivity index (χ3v) is 5.83. The lowest BCUT2D eigenvalue weighted by molar-refractivity contribution is -0.893. The second-order valence-corrected chi connectivity index (χ2v) is 12.2. The summed E-state index contributed by atoms with van der Waals surface area (Å²) in [6.07, 6.45) is -0.500. The Bertz CT molecular complexity index is 601. The van der Waals surface area contributed by atoms with Crippen LogP contribution in [-0.2, 0) is 19.6 Å². The van der Waals surface area contributed by atoms with Crippen LogP contribution in [0.25, 0.3) is 0 Å². The van der Waals surface area contributed by atoms with Crippen LogP contribution in [0.15, 0.2) is 0 Å². The van der Waals surface area contributed by atoms with Gasteiger partial charge in [0, 0.05) is 0 Å². The van der Waals surface area contributed by atoms with Gasteiger partial charge in [-0.05, 0) is 24.2 Å². The van der Waals surface area contributed by atoms with E-state index in [4.69, 9.17) is 9.29 Å². The Kier molecular flexibility index (Phi) is 8.53. The third-order valence-electron chi connectivity index (χ3n) is 5.03. The lowest BCUT2D eigenvalue weighted by Crippen LogP contribution is -2.50. The molecular formula is C19H40NO6S+. The number of aliphatic hydroxyl groups is 1. The van der Waals surface area contributed by atoms with Crippen LogP contribution in [0.3, 0.4) is 0 Å². The van der Waals surface area contributed by atoms with Crippen molar-refractivity contribution in [3.8, 4) is 0 Å². The SMILES string of the molecule is CC(C)(C)CC(C)(C(=O)OCC[N+](C)(C)CC(O)CS(=O)(=O)O)C(C)(C)C. The predicted octanol–water partition coefficient (Wildman–Crippen LogP) is 2.34. The quantitative estimate of drug-likeness (QED) is 0.344. The molecule has 162 valence electrons. The van der Waals surface area contributed by atoms with Gasteiger partial charge in [-0.25, -0.2) is 0 Å². The van der Waals surface area contributed by atoms with Crippen molar-refractivity contribution < 1.29 is 32.1 Å². The fourth-order valence-corrected chi connectivity index (χ4v) is 3.80. The summed E-state index contributed by atoms with van der Waals surface area (Å²) in [5.74, 6) is -0.953. The lowest BCUT2D eigenvalue weighted by atomic mass is 9.61. The van der Waals surface area contributed by atoms with Crippen LogP contribution in [0.4, 0.5) is 0 Å². The molecule has 0 bridgehead atoms. The standard InChI is InChI=1S/C19H39NO6S/c1-17(2,3)14-19(7,18(4,5)6)16(22)26-11-10-20(8,9)12-15(21)13-27(23,24)25/h15,21H,10-14H2,1-9H3/p+1. The minimum atomic E-state index is -4.23. The van der Waals surface area contributed by atoms with E-state index in [9.17, 15) is 18.3 Å². The zero-order chi connectivity index (χ0) is 21.9. The molecule has 0 aromatic carbocycles. The number of esters is 1. The molecule has 0 saturated heterocycles. The van der Waals surface area contributed by atoms with E-state index in [0.29, 0.717) is 13.0 Å². The number of carbonyl (C=O) groups is 1. The Morgan fingerprint density at radius 3 is 1.93 bits per heavy atom. The first-order chi connectivity index (χ1) is 11.7. The molecule has 0 aliphatic carbocycles. The van der Waals surface area contributed by atoms with E-state index in [1.165, 1.54) is 0 Å². The van der Waals surface area contributed by atoms with Crippen molar-refractivity contribution in [2.24, 2.45) is 16.2 Å². The summed E-state index contributed by atoms with van der Waals surface area (Å²) in [4.78, 5) is 12.9. The summed E-state index contributed by atoms with van der Waals surface area (Å²) >= 11 is 0. The maximum Gasteiger partial charge on any atom is 0.312 e. The number of hydrogen-bond donors (Lipinski definition) is 2. The average Bonchev–Trinajstić information content (AvgIpc) is 2.31. The van der Waals surface area contributed by atoms with Crippen molar-refractivity contribution >= 4 is 16.1 Å². The number of carbonyl (C=O) groups excluding carboxylic acids is 1. The predicted molar refractivity (Wildman–Crippen MR) is 107 cm³/mol. The Balaban J connectivity index is 4.91. The fourth-order valence-electron chi connectivity index (χ4n) is 3.21. The summed E-state index contributed by atoms with van der Waals surface area (Å²) in [5, 5.41) is 9.83. The first kappa shape index (κ1) is 26.3. The van der Waals surface area contributed by atoms with E-state index in [0.717, 1.165) is 0 Å². The van der Waals surface area contributed by atoms with Crippen molar-refractivity contribution in [2.45, 2.75) is 61.0 Å². The molecule has 2 N–H and O–H groups in total. The highest BCUT2D eigenvalue weighted by Crippen LogP contribution is 2.47. The Morgan fingerprint density at radius 1 is 1.07 bits per heavy atom. The molecule has 27 heavy (non-hydrogen) atoms. The fraction of sp³-hybridized carbons (Fsp3) is 0.947. The second-order valence-electron chi connectivity index (χ2n) is 10.7. The van der Waals surface area contributed by atoms with E-state index in [-0.39, 0.29) is 34.4 Å². The maximum absolute atomic E-state index is 12.9. The van der Waals surface area contributed by atoms with Crippen molar-refractivity contribution in [1.29, 1.82) is 0 Å². The van der Waals surface area contributed by atoms with Crippen molar-refractivity contribution in [3.05, 3.63) is 0 Å². The molecule has 0 aliphatic rings. The van der Waals surface area contributed by atoms with Gasteiger partial charge >= 0.3 is 5.97 Å². The van der Waals surface area contributed by atoms with Crippen LogP contribution in [0.1, 0.15) is 54.9 Å². The topological polar surface area (TPSA) is 101 Å². The molecule has 0 spiro atoms. The van der Waals surface area contributed by atoms with E-state index in [2.05, 4.69) is 20.8 Å². The van der Waals surface area contributed by atoms with Gasteiger partial charge in [-0.3, -0.25) is 9.35 Å². The van der Waals surface area contributed by atoms with Gasteiger partial charge in [0.2, 0.25) is 0 Å². The van der Waals surface area contributed by atoms with Crippen molar-refractivity contribution in [1.82, 2.24) is 0 Å². The van der Waals surface area contributed by atoms with E-state index in [1.54, 1.807) is 14.1 Å². The van der Waals surface area contributed by atoms with E-state index in [1.807, 2.05) is 27.7 Å². The molecule has 0 fully saturated rings. The molecule has 0 aromatic rings. The van der Waals surface area contributed by atoms with Gasteiger partial charge in [0.25, 0.3) is 10.1 Å². The van der Waals surface area contributed by atoms with Gasteiger partial charge in [0.1, 0.15) is 31.6 Å². The van der Waals surface area contributed by atoms with E-state index >= 15 is 0 Å². The number of aliphatic hydroxyl groups excluding tert-OH is 1. The summed E-state index contributed by atoms with van der Waals surface area (Å²) < 4.78 is 36.4. The minimum Gasteiger partial charge on any atom is -0.459 e. The lowest BCUT2D eigenvalue weighted by Gasteiger charge is -2.43. The van der Waals surface area contributed by atoms with Gasteiger partial charge in [-0.2, -0.15) is 8.42 Å². The molecule has 0 heterocycles. The Labute approximate surface area is 165 Å². The summed E-state index contributed by atoms with van der Waals surface area (Å²) in [6, 6.07) is 0. The van der Waals surface area contributed by atoms with Gasteiger partial charge in [-0.1, -0.05) is 41.5 Å². The zero-order valence-electron chi connectivity index (χ0n) is 18.5. The number of quaternary nitrogens is 1. The number of ether oxygens (including phenoxy) is 1. The Hall–Kier alpha value is -0.700. The first-order valence-electron chi connectivity index (χ1n) is 9.31. The summed E-state index contributed by atoms with van der Waals surface area (Å²) in [7, 11) is -0.619. The maximum atomic E-state index is 12.9. The molecule has 2 unspecified atom stereocenters. The van der Waals surface area contributed by atoms with Crippen LogP contribution in [-0.4, -0.2) is 74.2 Å². The number of hydrogen-bond acceptors (Lipinski definition) is 5. The van der Waals surface area contributed by atoms with Gasteiger partial charge in [0.15, 0.2) is 0 Å². The molecule has 0 aromatic heterocycles. The van der Waals surface area contributed by atoms with Gasteiger partial charge in [-0.15, -0.1) is 0 Å². The van der Waals surface area contributed by atoms with Crippen LogP contribution in [0, 0.1) is 16.2 Å². The average molecular weight is 411 g/mol. The molecular weight excluding hydrogens is 370 g/mol. The molecule has 0 radical (unpaired) electrons. The summed E-state index contributed by atoms with van der Waals surface area (Å²) in [5.41, 5.74) is -0.948. The molecule has 0 saturated carbocycles. The van der Waals surface area contributed by atoms with Crippen molar-refractivity contribution in [3.63, 3.8) is 0 Å². The molecule has 0 rings (SSSR count). The summed E-state index contributed by atoms with van der Waals surface area (Å²) in [6.45, 7) is 15.0. The van der Waals surface area contributed by atoms with Gasteiger partial charge < -0.3 is 14.3 Å². The highest BCUT2D eigenvalue weighted by Gasteiger charge is 2.47. The largest absolute Gasteiger partial charge is 0.459 e. The molecule has 7 nitrogen and oxygen atoms in total. The molecule has 0 aliphatic heterocycles. The number of likely N-dealkylation sites (N-methyl/N-ethyl adjacent to an activating group) is 1. The highest BCUT2D eigenvalue weighted by molar-refractivity contribution is 7.85. The molecule has 0 amide bonds. The third kappa shape index (κ3) is 9.87. The van der Waals surface area contributed by atoms with Crippen LogP contribution >= 0.6 is 0 Å². The van der Waals surface area contributed by atoms with Gasteiger partial charge in [0.05, 0.1) is 19.5 Å². The minimum absolute atomic E-state index is 0.0315. The highest BCUT2D eigenvalue weighted by atomic mass is 32.2. The van der Waals surface area contributed by atoms with E-state index < -0.39 is 27.4 Å². The zero-order valence-corrected chi connectivity index (χ0v) is 19.3. The number of nitrogens with zero attached hydrogens (tertiary/aromatic N) is 1. The first-order valence-corrected chi connectivity index (χ1v) is 10.9. The van der Waals surface area contributed by atoms with Crippen molar-refractivity contribution in [2.75, 3.05) is 39.5 Å². The van der Waals surface area contributed by atoms with Crippen LogP contribution in [0.2, 0.25) is 0 Å². The molecule has 2 atom stereocenters. The number of rotatable bonds is 9.